The predicted octanol–water partition coefficient (Wildman–Crippen LogP) is 4.09. The van der Waals surface area contributed by atoms with Crippen LogP contribution in [0.25, 0.3) is 22.2 Å². The van der Waals surface area contributed by atoms with Gasteiger partial charge in [0, 0.05) is 22.6 Å². The maximum absolute atomic E-state index is 13.0. The van der Waals surface area contributed by atoms with Gasteiger partial charge in [-0.2, -0.15) is 5.10 Å². The number of rotatable bonds is 5. The zero-order valence-electron chi connectivity index (χ0n) is 16.6. The van der Waals surface area contributed by atoms with E-state index >= 15 is 0 Å². The van der Waals surface area contributed by atoms with Crippen molar-refractivity contribution in [3.05, 3.63) is 83.9 Å². The molecule has 0 saturated heterocycles. The molecule has 0 bridgehead atoms. The Morgan fingerprint density at radius 3 is 2.58 bits per heavy atom. The number of phenols is 2. The molecule has 0 aliphatic rings. The molecular formula is C24H19N3O4. The summed E-state index contributed by atoms with van der Waals surface area (Å²) in [6.07, 6.45) is 1.30. The monoisotopic (exact) mass is 413 g/mol. The zero-order valence-corrected chi connectivity index (χ0v) is 16.6. The first-order valence-electron chi connectivity index (χ1n) is 9.45. The Balaban J connectivity index is 1.71. The number of pyridine rings is 1. The highest BCUT2D eigenvalue weighted by Crippen LogP contribution is 2.28. The van der Waals surface area contributed by atoms with Gasteiger partial charge in [-0.25, -0.2) is 10.4 Å². The fourth-order valence-corrected chi connectivity index (χ4v) is 3.14. The lowest BCUT2D eigenvalue weighted by atomic mass is 10.0. The number of phenolic OH excluding ortho intramolecular Hbond substituents is 2. The van der Waals surface area contributed by atoms with Crippen LogP contribution in [0.5, 0.6) is 17.2 Å². The number of aromatic nitrogens is 1. The molecule has 7 heteroatoms. The van der Waals surface area contributed by atoms with Crippen molar-refractivity contribution in [1.82, 2.24) is 10.4 Å². The van der Waals surface area contributed by atoms with Crippen LogP contribution in [0.2, 0.25) is 0 Å². The largest absolute Gasteiger partial charge is 0.508 e. The van der Waals surface area contributed by atoms with Gasteiger partial charge in [0.05, 0.1) is 30.1 Å². The SMILES string of the molecule is COc1ccc2nc(-c3ccccc3)cc(C(=O)N/N=C/c3ccc(O)cc3O)c2c1. The Hall–Kier alpha value is -4.39. The molecule has 3 N–H and O–H groups in total. The van der Waals surface area contributed by atoms with E-state index in [0.29, 0.717) is 33.5 Å². The number of hydrogen-bond donors (Lipinski definition) is 3. The van der Waals surface area contributed by atoms with Crippen LogP contribution >= 0.6 is 0 Å². The van der Waals surface area contributed by atoms with Gasteiger partial charge in [0.25, 0.3) is 5.91 Å². The number of benzene rings is 3. The molecule has 4 aromatic rings. The Morgan fingerprint density at radius 2 is 1.84 bits per heavy atom. The molecule has 31 heavy (non-hydrogen) atoms. The van der Waals surface area contributed by atoms with Crippen molar-refractivity contribution in [2.45, 2.75) is 0 Å². The lowest BCUT2D eigenvalue weighted by Gasteiger charge is -2.10. The molecule has 4 rings (SSSR count). The van der Waals surface area contributed by atoms with Gasteiger partial charge >= 0.3 is 0 Å². The topological polar surface area (TPSA) is 104 Å². The molecule has 0 radical (unpaired) electrons. The third kappa shape index (κ3) is 4.30. The quantitative estimate of drug-likeness (QED) is 0.338. The van der Waals surface area contributed by atoms with Crippen LogP contribution in [0.15, 0.2) is 77.9 Å². The number of hydrazone groups is 1. The smallest absolute Gasteiger partial charge is 0.272 e. The van der Waals surface area contributed by atoms with E-state index in [-0.39, 0.29) is 11.5 Å². The maximum Gasteiger partial charge on any atom is 0.272 e. The van der Waals surface area contributed by atoms with Gasteiger partial charge < -0.3 is 14.9 Å². The van der Waals surface area contributed by atoms with E-state index < -0.39 is 5.91 Å². The molecule has 1 heterocycles. The average Bonchev–Trinajstić information content (AvgIpc) is 2.79. The first-order chi connectivity index (χ1) is 15.0. The van der Waals surface area contributed by atoms with E-state index in [1.54, 1.807) is 31.4 Å². The van der Waals surface area contributed by atoms with Gasteiger partial charge in [-0.05, 0) is 36.4 Å². The molecule has 0 atom stereocenters. The molecule has 0 aliphatic heterocycles. The first-order valence-corrected chi connectivity index (χ1v) is 9.45. The normalized spacial score (nSPS) is 11.0. The highest BCUT2D eigenvalue weighted by Gasteiger charge is 2.15. The van der Waals surface area contributed by atoms with Gasteiger partial charge in [0.2, 0.25) is 0 Å². The third-order valence-corrected chi connectivity index (χ3v) is 4.71. The van der Waals surface area contributed by atoms with Gasteiger partial charge in [0.15, 0.2) is 0 Å². The molecule has 0 saturated carbocycles. The Bertz CT molecular complexity index is 1290. The number of methoxy groups -OCH3 is 1. The minimum absolute atomic E-state index is 0.0654. The number of carbonyl (C=O) groups excluding carboxylic acids is 1. The van der Waals surface area contributed by atoms with Gasteiger partial charge in [-0.15, -0.1) is 0 Å². The summed E-state index contributed by atoms with van der Waals surface area (Å²) in [4.78, 5) is 17.7. The molecule has 0 unspecified atom stereocenters. The lowest BCUT2D eigenvalue weighted by Crippen LogP contribution is -2.18. The molecule has 1 amide bonds. The number of amides is 1. The number of ether oxygens (including phenoxy) is 1. The summed E-state index contributed by atoms with van der Waals surface area (Å²) >= 11 is 0. The van der Waals surface area contributed by atoms with Crippen molar-refractivity contribution < 1.29 is 19.7 Å². The molecule has 7 nitrogen and oxygen atoms in total. The van der Waals surface area contributed by atoms with Crippen molar-refractivity contribution >= 4 is 23.0 Å². The number of nitrogens with one attached hydrogen (secondary N) is 1. The lowest BCUT2D eigenvalue weighted by molar-refractivity contribution is 0.0956. The number of hydrogen-bond acceptors (Lipinski definition) is 6. The average molecular weight is 413 g/mol. The van der Waals surface area contributed by atoms with E-state index in [1.807, 2.05) is 30.3 Å². The Kier molecular flexibility index (Phi) is 5.49. The summed E-state index contributed by atoms with van der Waals surface area (Å²) in [5.41, 5.74) is 5.40. The summed E-state index contributed by atoms with van der Waals surface area (Å²) in [6, 6.07) is 20.7. The fourth-order valence-electron chi connectivity index (χ4n) is 3.14. The number of fused-ring (bicyclic) bond motifs is 1. The highest BCUT2D eigenvalue weighted by molar-refractivity contribution is 6.07. The zero-order chi connectivity index (χ0) is 21.8. The van der Waals surface area contributed by atoms with Crippen LogP contribution in [-0.4, -0.2) is 34.4 Å². The van der Waals surface area contributed by atoms with Crippen molar-refractivity contribution in [2.24, 2.45) is 5.10 Å². The van der Waals surface area contributed by atoms with E-state index in [2.05, 4.69) is 15.5 Å². The summed E-state index contributed by atoms with van der Waals surface area (Å²) in [7, 11) is 1.56. The number of nitrogens with zero attached hydrogens (tertiary/aromatic N) is 2. The van der Waals surface area contributed by atoms with Crippen LogP contribution in [0.3, 0.4) is 0 Å². The van der Waals surface area contributed by atoms with Crippen LogP contribution < -0.4 is 10.2 Å². The molecule has 154 valence electrons. The van der Waals surface area contributed by atoms with Crippen molar-refractivity contribution in [3.8, 4) is 28.5 Å². The van der Waals surface area contributed by atoms with Crippen LogP contribution in [0, 0.1) is 0 Å². The van der Waals surface area contributed by atoms with Crippen molar-refractivity contribution in [2.75, 3.05) is 7.11 Å². The predicted molar refractivity (Wildman–Crippen MR) is 119 cm³/mol. The van der Waals surface area contributed by atoms with Crippen molar-refractivity contribution in [1.29, 1.82) is 0 Å². The van der Waals surface area contributed by atoms with Gasteiger partial charge in [-0.3, -0.25) is 4.79 Å². The summed E-state index contributed by atoms with van der Waals surface area (Å²) < 4.78 is 5.30. The van der Waals surface area contributed by atoms with E-state index in [0.717, 1.165) is 5.56 Å². The number of carbonyl (C=O) groups is 1. The van der Waals surface area contributed by atoms with Crippen molar-refractivity contribution in [3.63, 3.8) is 0 Å². The molecule has 0 spiro atoms. The standard InChI is InChI=1S/C24H19N3O4/c1-31-18-9-10-21-19(12-18)20(13-22(26-21)15-5-3-2-4-6-15)24(30)27-25-14-16-7-8-17(28)11-23(16)29/h2-14,28-29H,1H3,(H,27,30)/b25-14+. The van der Waals surface area contributed by atoms with Gasteiger partial charge in [-0.1, -0.05) is 30.3 Å². The fraction of sp³-hybridized carbons (Fsp3) is 0.0417. The molecule has 3 aromatic carbocycles. The van der Waals surface area contributed by atoms with E-state index in [9.17, 15) is 15.0 Å². The Morgan fingerprint density at radius 1 is 1.03 bits per heavy atom. The minimum atomic E-state index is -0.438. The second-order valence-electron chi connectivity index (χ2n) is 6.75. The number of aromatic hydroxyl groups is 2. The first kappa shape index (κ1) is 19.9. The molecule has 0 aliphatic carbocycles. The second kappa shape index (κ2) is 8.54. The van der Waals surface area contributed by atoms with E-state index in [4.69, 9.17) is 4.74 Å². The van der Waals surface area contributed by atoms with Crippen LogP contribution in [0.1, 0.15) is 15.9 Å². The summed E-state index contributed by atoms with van der Waals surface area (Å²) in [6.45, 7) is 0. The highest BCUT2D eigenvalue weighted by atomic mass is 16.5. The Labute approximate surface area is 178 Å². The molecule has 1 aromatic heterocycles. The second-order valence-corrected chi connectivity index (χ2v) is 6.75. The third-order valence-electron chi connectivity index (χ3n) is 4.71. The van der Waals surface area contributed by atoms with E-state index in [1.165, 1.54) is 24.4 Å². The summed E-state index contributed by atoms with van der Waals surface area (Å²) in [5.74, 6) is -0.0477. The van der Waals surface area contributed by atoms with Crippen LogP contribution in [-0.2, 0) is 0 Å². The molecular weight excluding hydrogens is 394 g/mol. The molecule has 0 fully saturated rings. The maximum atomic E-state index is 13.0. The van der Waals surface area contributed by atoms with Gasteiger partial charge in [0.1, 0.15) is 17.2 Å². The minimum Gasteiger partial charge on any atom is -0.508 e. The van der Waals surface area contributed by atoms with Crippen LogP contribution in [0.4, 0.5) is 0 Å². The summed E-state index contributed by atoms with van der Waals surface area (Å²) in [5, 5.41) is 23.8.